The molecule has 0 amide bonds. The van der Waals surface area contributed by atoms with Gasteiger partial charge in [0.15, 0.2) is 0 Å². The van der Waals surface area contributed by atoms with Gasteiger partial charge in [-0.3, -0.25) is 4.79 Å². The van der Waals surface area contributed by atoms with Crippen molar-refractivity contribution in [2.24, 2.45) is 5.73 Å². The van der Waals surface area contributed by atoms with Gasteiger partial charge in [0, 0.05) is 0 Å². The monoisotopic (exact) mass is 253 g/mol. The molecule has 3 N–H and O–H groups in total. The first kappa shape index (κ1) is 16.9. The van der Waals surface area contributed by atoms with E-state index in [1.807, 2.05) is 6.08 Å². The summed E-state index contributed by atoms with van der Waals surface area (Å²) in [6, 6.07) is 0. The van der Waals surface area contributed by atoms with Crippen LogP contribution in [0.4, 0.5) is 0 Å². The summed E-state index contributed by atoms with van der Waals surface area (Å²) >= 11 is 0. The van der Waals surface area contributed by atoms with Crippen LogP contribution in [0.15, 0.2) is 25.3 Å². The first-order valence-corrected chi connectivity index (χ1v) is 6.81. The van der Waals surface area contributed by atoms with Gasteiger partial charge in [0.1, 0.15) is 5.54 Å². The summed E-state index contributed by atoms with van der Waals surface area (Å²) in [4.78, 5) is 11.2. The number of carboxylic acid groups (broad SMARTS) is 1. The van der Waals surface area contributed by atoms with Gasteiger partial charge in [-0.1, -0.05) is 31.4 Å². The van der Waals surface area contributed by atoms with E-state index in [0.717, 1.165) is 44.9 Å². The lowest BCUT2D eigenvalue weighted by Gasteiger charge is -2.24. The maximum atomic E-state index is 11.2. The Hall–Kier alpha value is -1.09. The van der Waals surface area contributed by atoms with E-state index >= 15 is 0 Å². The lowest BCUT2D eigenvalue weighted by atomic mass is 9.88. The predicted octanol–water partition coefficient (Wildman–Crippen LogP) is 3.65. The minimum absolute atomic E-state index is 0.529. The minimum atomic E-state index is -1.05. The molecular formula is C15H27NO2. The maximum Gasteiger partial charge on any atom is 0.323 e. The third kappa shape index (κ3) is 7.28. The molecule has 18 heavy (non-hydrogen) atoms. The Bertz CT molecular complexity index is 263. The van der Waals surface area contributed by atoms with Gasteiger partial charge in [-0.15, -0.1) is 13.2 Å². The van der Waals surface area contributed by atoms with Gasteiger partial charge in [0.05, 0.1) is 0 Å². The highest BCUT2D eigenvalue weighted by Crippen LogP contribution is 2.20. The van der Waals surface area contributed by atoms with Crippen LogP contribution in [0.25, 0.3) is 0 Å². The average Bonchev–Trinajstić information content (AvgIpc) is 2.34. The fourth-order valence-corrected chi connectivity index (χ4v) is 1.98. The fourth-order valence-electron chi connectivity index (χ4n) is 1.98. The number of carbonyl (C=O) groups is 1. The van der Waals surface area contributed by atoms with Crippen LogP contribution in [0.3, 0.4) is 0 Å². The van der Waals surface area contributed by atoms with E-state index in [4.69, 9.17) is 5.73 Å². The number of allylic oxidation sites excluding steroid dienone is 2. The van der Waals surface area contributed by atoms with Crippen LogP contribution in [0, 0.1) is 0 Å². The van der Waals surface area contributed by atoms with Crippen LogP contribution in [-0.4, -0.2) is 16.6 Å². The van der Waals surface area contributed by atoms with Crippen molar-refractivity contribution in [1.29, 1.82) is 0 Å². The molecule has 3 nitrogen and oxygen atoms in total. The van der Waals surface area contributed by atoms with Gasteiger partial charge >= 0.3 is 5.97 Å². The lowest BCUT2D eigenvalue weighted by Crippen LogP contribution is -2.47. The lowest BCUT2D eigenvalue weighted by molar-refractivity contribution is -0.144. The first-order chi connectivity index (χ1) is 8.56. The third-order valence-corrected chi connectivity index (χ3v) is 3.24. The third-order valence-electron chi connectivity index (χ3n) is 3.24. The van der Waals surface area contributed by atoms with Gasteiger partial charge in [-0.2, -0.15) is 0 Å². The molecule has 0 heterocycles. The summed E-state index contributed by atoms with van der Waals surface area (Å²) in [6.07, 6.45) is 11.6. The highest BCUT2D eigenvalue weighted by molar-refractivity contribution is 5.78. The molecule has 0 bridgehead atoms. The average molecular weight is 253 g/mol. The highest BCUT2D eigenvalue weighted by Gasteiger charge is 2.32. The van der Waals surface area contributed by atoms with E-state index < -0.39 is 11.5 Å². The molecule has 0 aromatic rings. The summed E-state index contributed by atoms with van der Waals surface area (Å²) in [7, 11) is 0. The Kier molecular flexibility index (Phi) is 9.29. The van der Waals surface area contributed by atoms with Gasteiger partial charge in [-0.05, 0) is 38.5 Å². The fraction of sp³-hybridized carbons (Fsp3) is 0.667. The summed E-state index contributed by atoms with van der Waals surface area (Å²) in [5, 5.41) is 9.21. The summed E-state index contributed by atoms with van der Waals surface area (Å²) in [5.74, 6) is -0.877. The molecule has 1 atom stereocenters. The second kappa shape index (κ2) is 9.89. The van der Waals surface area contributed by atoms with Crippen molar-refractivity contribution in [2.75, 3.05) is 0 Å². The zero-order valence-electron chi connectivity index (χ0n) is 11.4. The van der Waals surface area contributed by atoms with Crippen molar-refractivity contribution in [2.45, 2.75) is 63.3 Å². The van der Waals surface area contributed by atoms with Crippen molar-refractivity contribution in [3.63, 3.8) is 0 Å². The molecule has 0 saturated heterocycles. The van der Waals surface area contributed by atoms with E-state index in [1.54, 1.807) is 6.08 Å². The van der Waals surface area contributed by atoms with E-state index in [9.17, 15) is 9.90 Å². The number of rotatable bonds is 12. The van der Waals surface area contributed by atoms with Crippen LogP contribution in [-0.2, 0) is 4.79 Å². The molecule has 0 aromatic carbocycles. The molecule has 0 spiro atoms. The van der Waals surface area contributed by atoms with Gasteiger partial charge in [0.25, 0.3) is 0 Å². The standard InChI is InChI=1S/C15H27NO2/c1-3-5-7-8-9-11-13-15(16,14(17)18)12-10-6-4-2/h3-4H,1-2,5-13,16H2,(H,17,18). The van der Waals surface area contributed by atoms with Crippen molar-refractivity contribution in [3.05, 3.63) is 25.3 Å². The number of hydrogen-bond donors (Lipinski definition) is 2. The number of unbranched alkanes of at least 4 members (excludes halogenated alkanes) is 5. The largest absolute Gasteiger partial charge is 0.480 e. The van der Waals surface area contributed by atoms with E-state index in [0.29, 0.717) is 12.8 Å². The van der Waals surface area contributed by atoms with E-state index in [-0.39, 0.29) is 0 Å². The molecule has 0 aromatic heterocycles. The van der Waals surface area contributed by atoms with Gasteiger partial charge < -0.3 is 10.8 Å². The second-order valence-electron chi connectivity index (χ2n) is 4.88. The molecule has 3 heteroatoms. The number of carboxylic acids is 1. The predicted molar refractivity (Wildman–Crippen MR) is 76.5 cm³/mol. The SMILES string of the molecule is C=CCCCCCCC(N)(CCCC=C)C(=O)O. The quantitative estimate of drug-likeness (QED) is 0.412. The molecule has 104 valence electrons. The Balaban J connectivity index is 3.91. The topological polar surface area (TPSA) is 63.3 Å². The molecule has 0 fully saturated rings. The second-order valence-corrected chi connectivity index (χ2v) is 4.88. The summed E-state index contributed by atoms with van der Waals surface area (Å²) < 4.78 is 0. The molecule has 1 unspecified atom stereocenters. The van der Waals surface area contributed by atoms with Crippen molar-refractivity contribution >= 4 is 5.97 Å². The first-order valence-electron chi connectivity index (χ1n) is 6.81. The number of nitrogens with two attached hydrogens (primary N) is 1. The smallest absolute Gasteiger partial charge is 0.323 e. The van der Waals surface area contributed by atoms with E-state index in [1.165, 1.54) is 0 Å². The normalized spacial score (nSPS) is 13.8. The van der Waals surface area contributed by atoms with Crippen LogP contribution in [0.5, 0.6) is 0 Å². The molecule has 0 aliphatic carbocycles. The Morgan fingerprint density at radius 3 is 2.06 bits per heavy atom. The Labute approximate surface area is 111 Å². The zero-order chi connectivity index (χ0) is 13.9. The highest BCUT2D eigenvalue weighted by atomic mass is 16.4. The van der Waals surface area contributed by atoms with E-state index in [2.05, 4.69) is 13.2 Å². The van der Waals surface area contributed by atoms with Crippen LogP contribution in [0.1, 0.15) is 57.8 Å². The minimum Gasteiger partial charge on any atom is -0.480 e. The summed E-state index contributed by atoms with van der Waals surface area (Å²) in [5.41, 5.74) is 4.92. The summed E-state index contributed by atoms with van der Waals surface area (Å²) in [6.45, 7) is 7.31. The number of hydrogen-bond acceptors (Lipinski definition) is 2. The molecule has 0 aliphatic heterocycles. The van der Waals surface area contributed by atoms with Crippen LogP contribution in [0.2, 0.25) is 0 Å². The van der Waals surface area contributed by atoms with Crippen LogP contribution >= 0.6 is 0 Å². The molecule has 0 radical (unpaired) electrons. The molecule has 0 rings (SSSR count). The molecule has 0 aliphatic rings. The van der Waals surface area contributed by atoms with Gasteiger partial charge in [-0.25, -0.2) is 0 Å². The molecule has 0 saturated carbocycles. The zero-order valence-corrected chi connectivity index (χ0v) is 11.4. The van der Waals surface area contributed by atoms with Crippen molar-refractivity contribution in [3.8, 4) is 0 Å². The Morgan fingerprint density at radius 2 is 1.50 bits per heavy atom. The molecular weight excluding hydrogens is 226 g/mol. The van der Waals surface area contributed by atoms with Gasteiger partial charge in [0.2, 0.25) is 0 Å². The van der Waals surface area contributed by atoms with Crippen LogP contribution < -0.4 is 5.73 Å². The maximum absolute atomic E-state index is 11.2. The van der Waals surface area contributed by atoms with Crippen molar-refractivity contribution in [1.82, 2.24) is 0 Å². The number of aliphatic carboxylic acids is 1. The Morgan fingerprint density at radius 1 is 1.00 bits per heavy atom. The van der Waals surface area contributed by atoms with Crippen molar-refractivity contribution < 1.29 is 9.90 Å².